The van der Waals surface area contributed by atoms with Crippen molar-refractivity contribution in [2.24, 2.45) is 11.5 Å². The number of carbonyl (C=O) groups is 2. The van der Waals surface area contributed by atoms with Crippen LogP contribution >= 0.6 is 23.5 Å². The SMILES string of the molecule is N[C@H](CSCC1O[C@@H]2O[C@@H]3C(CO)O[C@@H](O[C@@H]4C(CO)O[C@@H](O[C@@H]5C(CSC[C@@H](N)C(=O)O)O[C@@H](O[C@@H]6C(CO)O[C@H](O[C@@H]7C(CO)O[C@@H](O[C@@H]8C(CO)O[C@@H](O[C@H]1[C@H](O)C2O)C(O)[C@H]8O)C(O)[C@H]7O)C(O)[C@H]6O)C(O)[C@H]5O)C(O)[C@@H]4O)C(O)[C@H]3O)C(=O)O. The van der Waals surface area contributed by atoms with Crippen molar-refractivity contribution in [3.05, 3.63) is 0 Å². The first-order valence-corrected chi connectivity index (χ1v) is 30.4. The molecule has 21 aliphatic heterocycles. The van der Waals surface area contributed by atoms with E-state index in [1.54, 1.807) is 0 Å². The van der Waals surface area contributed by atoms with Crippen molar-refractivity contribution >= 4 is 35.5 Å². The summed E-state index contributed by atoms with van der Waals surface area (Å²) in [5.74, 6) is -4.26. The second kappa shape index (κ2) is 31.9. The minimum absolute atomic E-state index is 0.319. The molecule has 516 valence electrons. The van der Waals surface area contributed by atoms with Crippen LogP contribution in [-0.4, -0.2) is 402 Å². The second-order valence-corrected chi connectivity index (χ2v) is 24.4. The van der Waals surface area contributed by atoms with E-state index in [1.807, 2.05) is 0 Å². The molecule has 0 saturated carbocycles. The van der Waals surface area contributed by atoms with Gasteiger partial charge in [-0.15, -0.1) is 0 Å². The van der Waals surface area contributed by atoms with Crippen LogP contribution in [0.2, 0.25) is 0 Å². The van der Waals surface area contributed by atoms with Crippen LogP contribution in [0.25, 0.3) is 0 Å². The van der Waals surface area contributed by atoms with Crippen molar-refractivity contribution in [2.75, 3.05) is 56.0 Å². The Kier molecular flexibility index (Phi) is 26.2. The van der Waals surface area contributed by atoms with Gasteiger partial charge in [0.15, 0.2) is 44.0 Å². The van der Waals surface area contributed by atoms with Gasteiger partial charge in [0.1, 0.15) is 171 Å². The van der Waals surface area contributed by atoms with Gasteiger partial charge in [-0.3, -0.25) is 9.59 Å². The molecule has 0 aromatic heterocycles. The average Bonchev–Trinajstić information content (AvgIpc) is 0.983. The van der Waals surface area contributed by atoms with Crippen LogP contribution in [-0.2, 0) is 75.9 Å². The molecule has 21 heterocycles. The predicted molar refractivity (Wildman–Crippen MR) is 280 cm³/mol. The van der Waals surface area contributed by atoms with Gasteiger partial charge in [-0.1, -0.05) is 0 Å². The summed E-state index contributed by atoms with van der Waals surface area (Å²) in [5, 5.41) is 233. The summed E-state index contributed by atoms with van der Waals surface area (Å²) < 4.78 is 81.6. The van der Waals surface area contributed by atoms with Crippen molar-refractivity contribution in [3.8, 4) is 0 Å². The van der Waals surface area contributed by atoms with Gasteiger partial charge in [0, 0.05) is 23.0 Å². The molecule has 0 radical (unpaired) electrons. The third-order valence-corrected chi connectivity index (χ3v) is 18.5. The van der Waals surface area contributed by atoms with E-state index in [2.05, 4.69) is 0 Å². The van der Waals surface area contributed by atoms with Crippen LogP contribution < -0.4 is 11.5 Å². The lowest BCUT2D eigenvalue weighted by Gasteiger charge is -2.50. The lowest BCUT2D eigenvalue weighted by atomic mass is 9.95. The Bertz CT molecular complexity index is 2200. The van der Waals surface area contributed by atoms with E-state index >= 15 is 0 Å². The first kappa shape index (κ1) is 73.1. The smallest absolute Gasteiger partial charge is 0.321 e. The number of rotatable bonds is 15. The molecular weight excluding hydrogens is 1260 g/mol. The highest BCUT2D eigenvalue weighted by Crippen LogP contribution is 2.40. The molecule has 21 saturated heterocycles. The summed E-state index contributed by atoms with van der Waals surface area (Å²) >= 11 is 1.60. The highest BCUT2D eigenvalue weighted by atomic mass is 32.2. The van der Waals surface area contributed by atoms with Crippen molar-refractivity contribution in [2.45, 2.75) is 227 Å². The maximum Gasteiger partial charge on any atom is 0.321 e. The Morgan fingerprint density at radius 3 is 0.596 bits per heavy atom. The zero-order valence-electron chi connectivity index (χ0n) is 46.6. The van der Waals surface area contributed by atoms with Gasteiger partial charge in [-0.25, -0.2) is 0 Å². The highest BCUT2D eigenvalue weighted by Gasteiger charge is 2.60. The largest absolute Gasteiger partial charge is 0.480 e. The highest BCUT2D eigenvalue weighted by molar-refractivity contribution is 7.99. The summed E-state index contributed by atoms with van der Waals surface area (Å²) in [7, 11) is 0. The lowest BCUT2D eigenvalue weighted by molar-refractivity contribution is -0.395. The molecule has 21 rings (SSSR count). The van der Waals surface area contributed by atoms with Crippen LogP contribution in [0.5, 0.6) is 0 Å². The van der Waals surface area contributed by atoms with Gasteiger partial charge >= 0.3 is 11.9 Å². The van der Waals surface area contributed by atoms with E-state index in [1.165, 1.54) is 0 Å². The van der Waals surface area contributed by atoms with E-state index in [4.69, 9.17) is 77.8 Å². The number of hydrogen-bond acceptors (Lipinski definition) is 39. The van der Waals surface area contributed by atoms with Crippen LogP contribution in [0.4, 0.5) is 0 Å². The number of thioether (sulfide) groups is 2. The summed E-state index contributed by atoms with van der Waals surface area (Å²) in [6.45, 7) is -5.43. The minimum atomic E-state index is -2.27. The fourth-order valence-corrected chi connectivity index (χ4v) is 13.2. The molecule has 0 aromatic rings. The van der Waals surface area contributed by atoms with E-state index in [0.717, 1.165) is 23.5 Å². The second-order valence-electron chi connectivity index (χ2n) is 22.3. The molecule has 21 aliphatic rings. The van der Waals surface area contributed by atoms with Gasteiger partial charge in [-0.2, -0.15) is 23.5 Å². The molecule has 37 atom stereocenters. The third-order valence-electron chi connectivity index (χ3n) is 16.2. The molecule has 0 amide bonds. The predicted octanol–water partition coefficient (Wildman–Crippen LogP) is -14.9. The molecule has 21 fully saturated rings. The number of nitrogens with two attached hydrogens (primary N) is 2. The van der Waals surface area contributed by atoms with Crippen LogP contribution in [0.15, 0.2) is 0 Å². The zero-order chi connectivity index (χ0) is 65.2. The van der Waals surface area contributed by atoms with Gasteiger partial charge < -0.3 is 185 Å². The molecule has 25 N–H and O–H groups in total. The van der Waals surface area contributed by atoms with Crippen LogP contribution in [0.3, 0.4) is 0 Å². The molecule has 41 heteroatoms. The number of carboxylic acid groups (broad SMARTS) is 2. The first-order chi connectivity index (χ1) is 42.2. The van der Waals surface area contributed by atoms with E-state index in [-0.39, 0.29) is 11.5 Å². The van der Waals surface area contributed by atoms with Crippen molar-refractivity contribution < 1.29 is 183 Å². The van der Waals surface area contributed by atoms with E-state index < -0.39 is 284 Å². The van der Waals surface area contributed by atoms with Crippen LogP contribution in [0.1, 0.15) is 0 Å². The molecule has 14 unspecified atom stereocenters. The maximum atomic E-state index is 11.7. The molecule has 0 spiro atoms. The number of aliphatic hydroxyl groups is 19. The van der Waals surface area contributed by atoms with Crippen LogP contribution in [0, 0.1) is 0 Å². The third kappa shape index (κ3) is 15.9. The van der Waals surface area contributed by atoms with Crippen molar-refractivity contribution in [1.82, 2.24) is 0 Å². The topological polar surface area (TPSA) is 640 Å². The first-order valence-electron chi connectivity index (χ1n) is 28.1. The van der Waals surface area contributed by atoms with Gasteiger partial charge in [0.25, 0.3) is 0 Å². The molecule has 0 aromatic carbocycles. The minimum Gasteiger partial charge on any atom is -0.480 e. The van der Waals surface area contributed by atoms with Gasteiger partial charge in [-0.05, 0) is 0 Å². The van der Waals surface area contributed by atoms with E-state index in [0.29, 0.717) is 0 Å². The van der Waals surface area contributed by atoms with Gasteiger partial charge in [0.05, 0.1) is 45.2 Å². The monoisotopic (exact) mass is 1340 g/mol. The Morgan fingerprint density at radius 2 is 0.438 bits per heavy atom. The summed E-state index contributed by atoms with van der Waals surface area (Å²) in [6.07, 6.45) is -71.4. The number of carboxylic acids is 2. The summed E-state index contributed by atoms with van der Waals surface area (Å²) in [5.41, 5.74) is 11.4. The van der Waals surface area contributed by atoms with E-state index in [9.17, 15) is 117 Å². The standard InChI is InChI=1S/C48H80N2O37S2/c49-10(40(70)71)6-88-8-17-38-25(62)32(69)48(80-17)85-37-16(5-55)76-44(28(65)21(37)58)83-35-14(3-53)78-46(30(67)23(35)60)87-39-18(9-89-7-11(50)41(72)73)79-47(31(68)24(39)61)84-36-15(4-54)75-43(27(64)20(36)57)81-33-12(1-51)74-42(26(63)19(33)56)82-34-13(2-52)77-45(86-38)29(66)22(34)59/h10-39,42-48,51-69H,1-9,49-50H2,(H,70,71)(H,72,73)/t10-,11-,12?,13?,14?,15?,16?,17?,18?,19-,20-,21-,22-,23+,24-,25-,26?,27?,28?,29?,30?,31?,32?,33-,34-,35-,36-,37-,38-,39-,42+,43-,44+,45+,46+,47+,48-/m1/s1. The molecule has 39 nitrogen and oxygen atoms in total. The molecule has 14 bridgehead atoms. The Morgan fingerprint density at radius 1 is 0.281 bits per heavy atom. The average molecular weight is 1340 g/mol. The van der Waals surface area contributed by atoms with Gasteiger partial charge in [0.2, 0.25) is 0 Å². The number of hydrogen-bond donors (Lipinski definition) is 23. The number of aliphatic hydroxyl groups excluding tert-OH is 19. The summed E-state index contributed by atoms with van der Waals surface area (Å²) in [6, 6.07) is -2.94. The van der Waals surface area contributed by atoms with Crippen molar-refractivity contribution in [1.29, 1.82) is 0 Å². The van der Waals surface area contributed by atoms with Crippen molar-refractivity contribution in [3.63, 3.8) is 0 Å². The Hall–Kier alpha value is -1.76. The maximum absolute atomic E-state index is 11.7. The fourth-order valence-electron chi connectivity index (χ4n) is 11.2. The lowest BCUT2D eigenvalue weighted by Crippen LogP contribution is -2.68. The summed E-state index contributed by atoms with van der Waals surface area (Å²) in [4.78, 5) is 23.2. The zero-order valence-corrected chi connectivity index (χ0v) is 48.3. The quantitative estimate of drug-likeness (QED) is 0.0724. The Balaban J connectivity index is 1.11. The normalized spacial score (nSPS) is 50.1. The molecule has 89 heavy (non-hydrogen) atoms. The molecule has 0 aliphatic carbocycles. The fraction of sp³-hybridized carbons (Fsp3) is 0.958. The molecular formula is C48H80N2O37S2. The Labute approximate surface area is 511 Å². The number of aliphatic carboxylic acids is 2. The number of ether oxygens (including phenoxy) is 14.